The fourth-order valence-electron chi connectivity index (χ4n) is 3.13. The van der Waals surface area contributed by atoms with Crippen LogP contribution in [0.4, 0.5) is 14.9 Å². The molecule has 0 spiro atoms. The molecule has 7 heteroatoms. The van der Waals surface area contributed by atoms with E-state index in [9.17, 15) is 9.18 Å². The summed E-state index contributed by atoms with van der Waals surface area (Å²) < 4.78 is 19.1. The third-order valence-corrected chi connectivity index (χ3v) is 5.16. The number of nitrogens with zero attached hydrogens (tertiary/aromatic N) is 2. The number of anilines is 1. The van der Waals surface area contributed by atoms with Crippen molar-refractivity contribution in [3.05, 3.63) is 58.4 Å². The molecule has 2 aromatic carbocycles. The van der Waals surface area contributed by atoms with Gasteiger partial charge >= 0.3 is 6.03 Å². The molecule has 0 atom stereocenters. The largest absolute Gasteiger partial charge is 0.495 e. The number of aryl methyl sites for hydroxylation is 1. The number of carbonyl (C=O) groups excluding carboxylic acids is 1. The van der Waals surface area contributed by atoms with Gasteiger partial charge in [-0.15, -0.1) is 0 Å². The van der Waals surface area contributed by atoms with Gasteiger partial charge < -0.3 is 19.9 Å². The van der Waals surface area contributed by atoms with Crippen LogP contribution in [0.5, 0.6) is 5.75 Å². The number of hydrogen-bond acceptors (Lipinski definition) is 3. The molecule has 0 bridgehead atoms. The predicted molar refractivity (Wildman–Crippen MR) is 105 cm³/mol. The summed E-state index contributed by atoms with van der Waals surface area (Å²) in [5, 5.41) is 3.46. The maximum atomic E-state index is 13.7. The van der Waals surface area contributed by atoms with Crippen LogP contribution in [-0.4, -0.2) is 44.2 Å². The minimum Gasteiger partial charge on any atom is -0.495 e. The lowest BCUT2D eigenvalue weighted by Gasteiger charge is -2.36. The van der Waals surface area contributed by atoms with E-state index in [-0.39, 0.29) is 18.4 Å². The minimum atomic E-state index is -0.312. The Bertz CT molecular complexity index is 823. The van der Waals surface area contributed by atoms with Crippen LogP contribution in [0.3, 0.4) is 0 Å². The molecule has 0 aliphatic carbocycles. The normalized spacial score (nSPS) is 14.2. The zero-order chi connectivity index (χ0) is 19.4. The van der Waals surface area contributed by atoms with Gasteiger partial charge in [0.25, 0.3) is 0 Å². The summed E-state index contributed by atoms with van der Waals surface area (Å²) in [4.78, 5) is 16.3. The summed E-state index contributed by atoms with van der Waals surface area (Å²) in [6.07, 6.45) is 0. The first-order valence-electron chi connectivity index (χ1n) is 8.85. The Labute approximate surface area is 163 Å². The number of carbonyl (C=O) groups is 1. The van der Waals surface area contributed by atoms with Crippen molar-refractivity contribution in [1.29, 1.82) is 0 Å². The van der Waals surface area contributed by atoms with Crippen LogP contribution < -0.4 is 15.0 Å². The fraction of sp³-hybridized carbons (Fsp3) is 0.350. The monoisotopic (exact) mass is 391 g/mol. The summed E-state index contributed by atoms with van der Waals surface area (Å²) in [7, 11) is 1.62. The molecule has 0 radical (unpaired) electrons. The minimum absolute atomic E-state index is 0.177. The molecule has 27 heavy (non-hydrogen) atoms. The number of nitrogens with one attached hydrogen (secondary N) is 1. The fourth-order valence-corrected chi connectivity index (χ4v) is 3.29. The third-order valence-electron chi connectivity index (χ3n) is 4.76. The van der Waals surface area contributed by atoms with E-state index in [2.05, 4.69) is 10.2 Å². The zero-order valence-corrected chi connectivity index (χ0v) is 16.2. The maximum absolute atomic E-state index is 13.7. The van der Waals surface area contributed by atoms with Crippen molar-refractivity contribution in [2.75, 3.05) is 38.2 Å². The van der Waals surface area contributed by atoms with E-state index >= 15 is 0 Å². The Hall–Kier alpha value is -2.47. The Morgan fingerprint density at radius 3 is 2.59 bits per heavy atom. The first-order valence-corrected chi connectivity index (χ1v) is 9.22. The van der Waals surface area contributed by atoms with Crippen molar-refractivity contribution in [3.8, 4) is 5.75 Å². The standard InChI is InChI=1S/C20H23ClFN3O2/c1-14-11-18(19(27-2)12-16(14)21)24-7-9-25(10-8-24)20(26)23-13-15-5-3-4-6-17(15)22/h3-6,11-12H,7-10,13H2,1-2H3,(H,23,26). The molecule has 2 amide bonds. The average Bonchev–Trinajstić information content (AvgIpc) is 2.69. The Kier molecular flexibility index (Phi) is 6.06. The molecule has 144 valence electrons. The maximum Gasteiger partial charge on any atom is 0.317 e. The number of rotatable bonds is 4. The second-order valence-electron chi connectivity index (χ2n) is 6.50. The summed E-state index contributed by atoms with van der Waals surface area (Å²) >= 11 is 6.18. The molecule has 1 saturated heterocycles. The van der Waals surface area contributed by atoms with Crippen LogP contribution in [0.2, 0.25) is 5.02 Å². The molecular formula is C20H23ClFN3O2. The van der Waals surface area contributed by atoms with E-state index in [1.54, 1.807) is 30.2 Å². The summed E-state index contributed by atoms with van der Waals surface area (Å²) in [6, 6.07) is 10.1. The number of hydrogen-bond donors (Lipinski definition) is 1. The van der Waals surface area contributed by atoms with E-state index in [1.807, 2.05) is 19.1 Å². The number of halogens is 2. The molecule has 3 rings (SSSR count). The van der Waals surface area contributed by atoms with E-state index in [0.717, 1.165) is 17.0 Å². The van der Waals surface area contributed by atoms with Crippen molar-refractivity contribution in [3.63, 3.8) is 0 Å². The van der Waals surface area contributed by atoms with Crippen LogP contribution in [-0.2, 0) is 6.54 Å². The molecule has 0 unspecified atom stereocenters. The highest BCUT2D eigenvalue weighted by atomic mass is 35.5. The summed E-state index contributed by atoms with van der Waals surface area (Å²) in [5.41, 5.74) is 2.44. The smallest absolute Gasteiger partial charge is 0.317 e. The quantitative estimate of drug-likeness (QED) is 0.861. The zero-order valence-electron chi connectivity index (χ0n) is 15.5. The molecule has 1 aliphatic heterocycles. The first-order chi connectivity index (χ1) is 13.0. The number of methoxy groups -OCH3 is 1. The highest BCUT2D eigenvalue weighted by molar-refractivity contribution is 6.31. The van der Waals surface area contributed by atoms with Gasteiger partial charge in [-0.3, -0.25) is 0 Å². The van der Waals surface area contributed by atoms with Crippen molar-refractivity contribution >= 4 is 23.3 Å². The number of piperazine rings is 1. The van der Waals surface area contributed by atoms with Gasteiger partial charge in [-0.2, -0.15) is 0 Å². The molecular weight excluding hydrogens is 369 g/mol. The highest BCUT2D eigenvalue weighted by Crippen LogP contribution is 2.34. The molecule has 0 saturated carbocycles. The van der Waals surface area contributed by atoms with Gasteiger partial charge in [-0.25, -0.2) is 9.18 Å². The first kappa shape index (κ1) is 19.3. The number of benzene rings is 2. The number of urea groups is 1. The lowest BCUT2D eigenvalue weighted by molar-refractivity contribution is 0.193. The van der Waals surface area contributed by atoms with E-state index in [1.165, 1.54) is 6.07 Å². The van der Waals surface area contributed by atoms with Crippen molar-refractivity contribution in [1.82, 2.24) is 10.2 Å². The van der Waals surface area contributed by atoms with Gasteiger partial charge in [0.05, 0.1) is 12.8 Å². The van der Waals surface area contributed by atoms with Crippen LogP contribution in [0, 0.1) is 12.7 Å². The summed E-state index contributed by atoms with van der Waals surface area (Å²) in [6.45, 7) is 4.66. The Morgan fingerprint density at radius 1 is 1.22 bits per heavy atom. The van der Waals surface area contributed by atoms with Gasteiger partial charge in [0.2, 0.25) is 0 Å². The van der Waals surface area contributed by atoms with Gasteiger partial charge in [0.1, 0.15) is 11.6 Å². The predicted octanol–water partition coefficient (Wildman–Crippen LogP) is 3.83. The van der Waals surface area contributed by atoms with Crippen LogP contribution in [0.25, 0.3) is 0 Å². The molecule has 1 fully saturated rings. The molecule has 1 heterocycles. The topological polar surface area (TPSA) is 44.8 Å². The van der Waals surface area contributed by atoms with Crippen molar-refractivity contribution in [2.24, 2.45) is 0 Å². The molecule has 1 aliphatic rings. The van der Waals surface area contributed by atoms with E-state index in [0.29, 0.717) is 36.8 Å². The second-order valence-corrected chi connectivity index (χ2v) is 6.90. The number of ether oxygens (including phenoxy) is 1. The van der Waals surface area contributed by atoms with E-state index < -0.39 is 0 Å². The van der Waals surface area contributed by atoms with Crippen LogP contribution >= 0.6 is 11.6 Å². The molecule has 5 nitrogen and oxygen atoms in total. The Morgan fingerprint density at radius 2 is 1.93 bits per heavy atom. The van der Waals surface area contributed by atoms with Crippen molar-refractivity contribution < 1.29 is 13.9 Å². The number of amides is 2. The second kappa shape index (κ2) is 8.48. The summed E-state index contributed by atoms with van der Waals surface area (Å²) in [5.74, 6) is 0.413. The molecule has 2 aromatic rings. The van der Waals surface area contributed by atoms with Gasteiger partial charge in [0, 0.05) is 49.4 Å². The lowest BCUT2D eigenvalue weighted by Crippen LogP contribution is -2.51. The van der Waals surface area contributed by atoms with Gasteiger partial charge in [0.15, 0.2) is 0 Å². The SMILES string of the molecule is COc1cc(Cl)c(C)cc1N1CCN(C(=O)NCc2ccccc2F)CC1. The van der Waals surface area contributed by atoms with Gasteiger partial charge in [-0.1, -0.05) is 29.8 Å². The molecule has 1 N–H and O–H groups in total. The van der Waals surface area contributed by atoms with Crippen molar-refractivity contribution in [2.45, 2.75) is 13.5 Å². The molecule has 0 aromatic heterocycles. The average molecular weight is 392 g/mol. The van der Waals surface area contributed by atoms with Crippen LogP contribution in [0.1, 0.15) is 11.1 Å². The highest BCUT2D eigenvalue weighted by Gasteiger charge is 2.23. The van der Waals surface area contributed by atoms with Crippen LogP contribution in [0.15, 0.2) is 36.4 Å². The third kappa shape index (κ3) is 4.45. The van der Waals surface area contributed by atoms with E-state index in [4.69, 9.17) is 16.3 Å². The Balaban J connectivity index is 1.58. The lowest BCUT2D eigenvalue weighted by atomic mass is 10.1. The van der Waals surface area contributed by atoms with Gasteiger partial charge in [-0.05, 0) is 24.6 Å².